The van der Waals surface area contributed by atoms with Crippen molar-refractivity contribution in [2.24, 2.45) is 5.92 Å². The van der Waals surface area contributed by atoms with E-state index in [1.54, 1.807) is 0 Å². The zero-order valence-electron chi connectivity index (χ0n) is 12.8. The van der Waals surface area contributed by atoms with E-state index in [1.165, 1.54) is 0 Å². The lowest BCUT2D eigenvalue weighted by molar-refractivity contribution is -0.135. The third-order valence-corrected chi connectivity index (χ3v) is 4.18. The Labute approximate surface area is 126 Å². The summed E-state index contributed by atoms with van der Waals surface area (Å²) in [5, 5.41) is 3.08. The van der Waals surface area contributed by atoms with Gasteiger partial charge in [0, 0.05) is 25.4 Å². The molecule has 2 amide bonds. The van der Waals surface area contributed by atoms with Crippen LogP contribution in [0.1, 0.15) is 44.7 Å². The van der Waals surface area contributed by atoms with Gasteiger partial charge in [0.05, 0.1) is 6.04 Å². The molecule has 0 spiro atoms. The summed E-state index contributed by atoms with van der Waals surface area (Å²) in [7, 11) is 0. The number of amides is 2. The Bertz CT molecular complexity index is 479. The number of benzene rings is 1. The maximum atomic E-state index is 12.3. The second-order valence-corrected chi connectivity index (χ2v) is 5.65. The Morgan fingerprint density at radius 1 is 1.24 bits per heavy atom. The highest BCUT2D eigenvalue weighted by molar-refractivity contribution is 5.80. The monoisotopic (exact) mass is 288 g/mol. The first-order chi connectivity index (χ1) is 10.1. The highest BCUT2D eigenvalue weighted by Gasteiger charge is 2.27. The van der Waals surface area contributed by atoms with E-state index in [4.69, 9.17) is 0 Å². The van der Waals surface area contributed by atoms with E-state index < -0.39 is 0 Å². The first-order valence-corrected chi connectivity index (χ1v) is 7.75. The summed E-state index contributed by atoms with van der Waals surface area (Å²) in [5.74, 6) is 0.318. The molecule has 21 heavy (non-hydrogen) atoms. The van der Waals surface area contributed by atoms with Crippen LogP contribution in [0.25, 0.3) is 0 Å². The van der Waals surface area contributed by atoms with Crippen LogP contribution in [-0.2, 0) is 9.59 Å². The van der Waals surface area contributed by atoms with Crippen LogP contribution in [0.4, 0.5) is 0 Å². The molecule has 1 fully saturated rings. The van der Waals surface area contributed by atoms with Crippen LogP contribution in [0, 0.1) is 5.92 Å². The fourth-order valence-electron chi connectivity index (χ4n) is 2.77. The van der Waals surface area contributed by atoms with Gasteiger partial charge >= 0.3 is 0 Å². The molecule has 1 saturated heterocycles. The number of carbonyl (C=O) groups is 2. The third kappa shape index (κ3) is 4.06. The molecule has 0 saturated carbocycles. The molecule has 1 aromatic rings. The summed E-state index contributed by atoms with van der Waals surface area (Å²) in [6.45, 7) is 5.28. The normalized spacial score (nSPS) is 17.3. The van der Waals surface area contributed by atoms with Gasteiger partial charge in [0.1, 0.15) is 0 Å². The SMILES string of the molecule is CCC(=O)N1CCC(C(=O)NC(C)c2ccccc2)CC1. The quantitative estimate of drug-likeness (QED) is 0.925. The van der Waals surface area contributed by atoms with Crippen molar-refractivity contribution >= 4 is 11.8 Å². The van der Waals surface area contributed by atoms with Crippen LogP contribution in [0.3, 0.4) is 0 Å². The summed E-state index contributed by atoms with van der Waals surface area (Å²) in [6, 6.07) is 9.99. The standard InChI is InChI=1S/C17H24N2O2/c1-3-16(20)19-11-9-15(10-12-19)17(21)18-13(2)14-7-5-4-6-8-14/h4-8,13,15H,3,9-12H2,1-2H3,(H,18,21). The predicted molar refractivity (Wildman–Crippen MR) is 82.6 cm³/mol. The van der Waals surface area contributed by atoms with Crippen molar-refractivity contribution in [1.29, 1.82) is 0 Å². The van der Waals surface area contributed by atoms with Crippen LogP contribution in [0.2, 0.25) is 0 Å². The molecule has 1 atom stereocenters. The molecule has 4 heteroatoms. The van der Waals surface area contributed by atoms with E-state index in [-0.39, 0.29) is 23.8 Å². The molecule has 4 nitrogen and oxygen atoms in total. The van der Waals surface area contributed by atoms with Crippen LogP contribution < -0.4 is 5.32 Å². The molecular formula is C17H24N2O2. The summed E-state index contributed by atoms with van der Waals surface area (Å²) in [4.78, 5) is 25.8. The minimum absolute atomic E-state index is 0.0222. The predicted octanol–water partition coefficient (Wildman–Crippen LogP) is 2.51. The van der Waals surface area contributed by atoms with Crippen LogP contribution in [0.15, 0.2) is 30.3 Å². The minimum atomic E-state index is 0.0222. The van der Waals surface area contributed by atoms with Gasteiger partial charge in [0.2, 0.25) is 11.8 Å². The Kier molecular flexibility index (Phi) is 5.37. The van der Waals surface area contributed by atoms with Crippen molar-refractivity contribution in [1.82, 2.24) is 10.2 Å². The van der Waals surface area contributed by atoms with Gasteiger partial charge in [-0.1, -0.05) is 37.3 Å². The lowest BCUT2D eigenvalue weighted by Crippen LogP contribution is -2.43. The number of carbonyl (C=O) groups excluding carboxylic acids is 2. The number of hydrogen-bond donors (Lipinski definition) is 1. The van der Waals surface area contributed by atoms with Crippen molar-refractivity contribution < 1.29 is 9.59 Å². The van der Waals surface area contributed by atoms with Gasteiger partial charge in [-0.3, -0.25) is 9.59 Å². The molecule has 114 valence electrons. The Morgan fingerprint density at radius 2 is 1.86 bits per heavy atom. The second-order valence-electron chi connectivity index (χ2n) is 5.65. The highest BCUT2D eigenvalue weighted by Crippen LogP contribution is 2.20. The van der Waals surface area contributed by atoms with Gasteiger partial charge in [-0.2, -0.15) is 0 Å². The smallest absolute Gasteiger partial charge is 0.223 e. The van der Waals surface area contributed by atoms with Gasteiger partial charge in [0.15, 0.2) is 0 Å². The number of rotatable bonds is 4. The molecule has 1 aromatic carbocycles. The molecule has 0 aromatic heterocycles. The van der Waals surface area contributed by atoms with Gasteiger partial charge in [-0.05, 0) is 25.3 Å². The van der Waals surface area contributed by atoms with Crippen molar-refractivity contribution in [2.45, 2.75) is 39.2 Å². The average molecular weight is 288 g/mol. The van der Waals surface area contributed by atoms with Gasteiger partial charge in [-0.25, -0.2) is 0 Å². The van der Waals surface area contributed by atoms with Crippen molar-refractivity contribution in [2.75, 3.05) is 13.1 Å². The Hall–Kier alpha value is -1.84. The molecule has 1 aliphatic heterocycles. The molecule has 0 bridgehead atoms. The molecule has 0 radical (unpaired) electrons. The number of piperidine rings is 1. The summed E-state index contributed by atoms with van der Waals surface area (Å²) in [5.41, 5.74) is 1.12. The summed E-state index contributed by atoms with van der Waals surface area (Å²) in [6.07, 6.45) is 2.07. The summed E-state index contributed by atoms with van der Waals surface area (Å²) >= 11 is 0. The van der Waals surface area contributed by atoms with Crippen molar-refractivity contribution in [3.05, 3.63) is 35.9 Å². The number of likely N-dealkylation sites (tertiary alicyclic amines) is 1. The highest BCUT2D eigenvalue weighted by atomic mass is 16.2. The van der Waals surface area contributed by atoms with Gasteiger partial charge in [-0.15, -0.1) is 0 Å². The first-order valence-electron chi connectivity index (χ1n) is 7.75. The van der Waals surface area contributed by atoms with E-state index >= 15 is 0 Å². The number of hydrogen-bond acceptors (Lipinski definition) is 2. The number of nitrogens with one attached hydrogen (secondary N) is 1. The molecule has 0 aliphatic carbocycles. The zero-order chi connectivity index (χ0) is 15.2. The maximum absolute atomic E-state index is 12.3. The molecule has 1 heterocycles. The zero-order valence-corrected chi connectivity index (χ0v) is 12.8. The topological polar surface area (TPSA) is 49.4 Å². The largest absolute Gasteiger partial charge is 0.349 e. The number of nitrogens with zero attached hydrogens (tertiary/aromatic N) is 1. The average Bonchev–Trinajstić information content (AvgIpc) is 2.55. The minimum Gasteiger partial charge on any atom is -0.349 e. The van der Waals surface area contributed by atoms with E-state index in [9.17, 15) is 9.59 Å². The van der Waals surface area contributed by atoms with Crippen LogP contribution in [-0.4, -0.2) is 29.8 Å². The van der Waals surface area contributed by atoms with E-state index in [1.807, 2.05) is 49.1 Å². The summed E-state index contributed by atoms with van der Waals surface area (Å²) < 4.78 is 0. The third-order valence-electron chi connectivity index (χ3n) is 4.18. The van der Waals surface area contributed by atoms with E-state index in [0.29, 0.717) is 19.5 Å². The van der Waals surface area contributed by atoms with Crippen molar-refractivity contribution in [3.8, 4) is 0 Å². The van der Waals surface area contributed by atoms with Gasteiger partial charge < -0.3 is 10.2 Å². The Morgan fingerprint density at radius 3 is 2.43 bits per heavy atom. The fourth-order valence-corrected chi connectivity index (χ4v) is 2.77. The second kappa shape index (κ2) is 7.25. The Balaban J connectivity index is 1.84. The maximum Gasteiger partial charge on any atom is 0.223 e. The van der Waals surface area contributed by atoms with Crippen molar-refractivity contribution in [3.63, 3.8) is 0 Å². The first kappa shape index (κ1) is 15.5. The van der Waals surface area contributed by atoms with E-state index in [0.717, 1.165) is 18.4 Å². The van der Waals surface area contributed by atoms with E-state index in [2.05, 4.69) is 5.32 Å². The fraction of sp³-hybridized carbons (Fsp3) is 0.529. The van der Waals surface area contributed by atoms with Crippen LogP contribution >= 0.6 is 0 Å². The molecular weight excluding hydrogens is 264 g/mol. The molecule has 2 rings (SSSR count). The lowest BCUT2D eigenvalue weighted by atomic mass is 9.95. The van der Waals surface area contributed by atoms with Gasteiger partial charge in [0.25, 0.3) is 0 Å². The lowest BCUT2D eigenvalue weighted by Gasteiger charge is -2.31. The molecule has 1 unspecified atom stereocenters. The molecule has 1 N–H and O–H groups in total. The molecule has 1 aliphatic rings. The van der Waals surface area contributed by atoms with Crippen LogP contribution in [0.5, 0.6) is 0 Å².